The van der Waals surface area contributed by atoms with Gasteiger partial charge in [-0.05, 0) is 19.0 Å². The maximum absolute atomic E-state index is 5.71. The summed E-state index contributed by atoms with van der Waals surface area (Å²) >= 11 is 0. The van der Waals surface area contributed by atoms with Crippen LogP contribution in [0.25, 0.3) is 10.9 Å². The van der Waals surface area contributed by atoms with Gasteiger partial charge in [-0.25, -0.2) is 0 Å². The van der Waals surface area contributed by atoms with E-state index >= 15 is 0 Å². The summed E-state index contributed by atoms with van der Waals surface area (Å²) < 4.78 is 13.5. The lowest BCUT2D eigenvalue weighted by Gasteiger charge is -2.30. The van der Waals surface area contributed by atoms with E-state index in [1.165, 1.54) is 5.52 Å². The average Bonchev–Trinajstić information content (AvgIpc) is 2.79. The molecule has 0 aliphatic rings. The van der Waals surface area contributed by atoms with Gasteiger partial charge in [0.2, 0.25) is 0 Å². The number of aryl methyl sites for hydroxylation is 1. The largest absolute Gasteiger partial charge is 0.350 e. The standard InChI is InChI=1S/C15H22N2O2/c1-17-11-13(12-7-4-5-8-14(12)17)15(18-2,19-3)9-6-10-16/h4-5,7-8,11H,6,9-10,16H2,1-3H3. The molecule has 0 amide bonds. The highest BCUT2D eigenvalue weighted by Crippen LogP contribution is 2.36. The first-order valence-corrected chi connectivity index (χ1v) is 6.53. The van der Waals surface area contributed by atoms with E-state index in [0.29, 0.717) is 6.54 Å². The van der Waals surface area contributed by atoms with Crippen LogP contribution in [-0.4, -0.2) is 25.3 Å². The maximum Gasteiger partial charge on any atom is 0.196 e. The van der Waals surface area contributed by atoms with Crippen molar-refractivity contribution in [3.63, 3.8) is 0 Å². The zero-order valence-electron chi connectivity index (χ0n) is 11.8. The molecule has 0 fully saturated rings. The third-order valence-corrected chi connectivity index (χ3v) is 3.68. The molecule has 4 heteroatoms. The minimum atomic E-state index is -0.722. The third-order valence-electron chi connectivity index (χ3n) is 3.68. The second kappa shape index (κ2) is 5.74. The molecule has 0 saturated heterocycles. The molecule has 0 aliphatic carbocycles. The van der Waals surface area contributed by atoms with Crippen LogP contribution < -0.4 is 5.73 Å². The van der Waals surface area contributed by atoms with E-state index in [1.807, 2.05) is 19.2 Å². The van der Waals surface area contributed by atoms with E-state index in [4.69, 9.17) is 15.2 Å². The second-order valence-corrected chi connectivity index (χ2v) is 4.72. The fourth-order valence-electron chi connectivity index (χ4n) is 2.62. The van der Waals surface area contributed by atoms with Crippen molar-refractivity contribution in [3.05, 3.63) is 36.0 Å². The molecule has 0 aliphatic heterocycles. The van der Waals surface area contributed by atoms with Gasteiger partial charge in [0.25, 0.3) is 0 Å². The molecular weight excluding hydrogens is 240 g/mol. The summed E-state index contributed by atoms with van der Waals surface area (Å²) in [5, 5.41) is 1.16. The molecule has 4 nitrogen and oxygen atoms in total. The molecular formula is C15H22N2O2. The molecule has 19 heavy (non-hydrogen) atoms. The van der Waals surface area contributed by atoms with Crippen LogP contribution in [0.15, 0.2) is 30.5 Å². The fourth-order valence-corrected chi connectivity index (χ4v) is 2.62. The first-order valence-electron chi connectivity index (χ1n) is 6.53. The van der Waals surface area contributed by atoms with Gasteiger partial charge in [-0.3, -0.25) is 0 Å². The minimum absolute atomic E-state index is 0.624. The van der Waals surface area contributed by atoms with Crippen LogP contribution >= 0.6 is 0 Å². The Hall–Kier alpha value is -1.36. The molecule has 2 aromatic rings. The number of hydrogen-bond acceptors (Lipinski definition) is 3. The summed E-state index contributed by atoms with van der Waals surface area (Å²) in [7, 11) is 5.40. The Balaban J connectivity index is 2.56. The minimum Gasteiger partial charge on any atom is -0.350 e. The summed E-state index contributed by atoms with van der Waals surface area (Å²) in [5.74, 6) is -0.722. The van der Waals surface area contributed by atoms with Crippen LogP contribution in [0.1, 0.15) is 18.4 Å². The smallest absolute Gasteiger partial charge is 0.196 e. The van der Waals surface area contributed by atoms with Gasteiger partial charge in [0.05, 0.1) is 0 Å². The third kappa shape index (κ3) is 2.39. The molecule has 0 spiro atoms. The summed E-state index contributed by atoms with van der Waals surface area (Å²) in [5.41, 5.74) is 7.85. The number of rotatable bonds is 6. The predicted molar refractivity (Wildman–Crippen MR) is 76.9 cm³/mol. The Morgan fingerprint density at radius 2 is 1.89 bits per heavy atom. The van der Waals surface area contributed by atoms with Crippen molar-refractivity contribution in [2.45, 2.75) is 18.6 Å². The summed E-state index contributed by atoms with van der Waals surface area (Å²) in [4.78, 5) is 0. The number of para-hydroxylation sites is 1. The number of nitrogens with two attached hydrogens (primary N) is 1. The Bertz CT molecular complexity index is 544. The number of benzene rings is 1. The van der Waals surface area contributed by atoms with Crippen molar-refractivity contribution in [1.82, 2.24) is 4.57 Å². The van der Waals surface area contributed by atoms with Crippen LogP contribution in [0.3, 0.4) is 0 Å². The van der Waals surface area contributed by atoms with Crippen LogP contribution in [-0.2, 0) is 22.3 Å². The zero-order chi connectivity index (χ0) is 13.9. The molecule has 0 atom stereocenters. The van der Waals surface area contributed by atoms with E-state index in [2.05, 4.69) is 22.9 Å². The van der Waals surface area contributed by atoms with Gasteiger partial charge in [-0.2, -0.15) is 0 Å². The van der Waals surface area contributed by atoms with Crippen molar-refractivity contribution in [2.24, 2.45) is 12.8 Å². The highest BCUT2D eigenvalue weighted by molar-refractivity contribution is 5.84. The van der Waals surface area contributed by atoms with Crippen molar-refractivity contribution >= 4 is 10.9 Å². The lowest BCUT2D eigenvalue weighted by Crippen LogP contribution is -2.31. The van der Waals surface area contributed by atoms with Crippen molar-refractivity contribution in [3.8, 4) is 0 Å². The molecule has 0 saturated carbocycles. The highest BCUT2D eigenvalue weighted by atomic mass is 16.7. The molecule has 0 bridgehead atoms. The molecule has 0 radical (unpaired) electrons. The van der Waals surface area contributed by atoms with Crippen molar-refractivity contribution in [1.29, 1.82) is 0 Å². The Morgan fingerprint density at radius 1 is 1.21 bits per heavy atom. The normalized spacial score (nSPS) is 12.2. The van der Waals surface area contributed by atoms with Gasteiger partial charge in [0, 0.05) is 50.4 Å². The maximum atomic E-state index is 5.71. The quantitative estimate of drug-likeness (QED) is 0.813. The van der Waals surface area contributed by atoms with Gasteiger partial charge in [0.15, 0.2) is 5.79 Å². The molecule has 104 valence electrons. The molecule has 1 heterocycles. The second-order valence-electron chi connectivity index (χ2n) is 4.72. The lowest BCUT2D eigenvalue weighted by molar-refractivity contribution is -0.219. The topological polar surface area (TPSA) is 49.4 Å². The van der Waals surface area contributed by atoms with Gasteiger partial charge in [-0.15, -0.1) is 0 Å². The van der Waals surface area contributed by atoms with Crippen LogP contribution in [0, 0.1) is 0 Å². The SMILES string of the molecule is COC(CCCN)(OC)c1cn(C)c2ccccc12. The Labute approximate surface area is 114 Å². The van der Waals surface area contributed by atoms with Crippen molar-refractivity contribution in [2.75, 3.05) is 20.8 Å². The lowest BCUT2D eigenvalue weighted by atomic mass is 9.99. The van der Waals surface area contributed by atoms with Gasteiger partial charge in [-0.1, -0.05) is 18.2 Å². The van der Waals surface area contributed by atoms with E-state index in [-0.39, 0.29) is 0 Å². The highest BCUT2D eigenvalue weighted by Gasteiger charge is 2.34. The number of hydrogen-bond donors (Lipinski definition) is 1. The number of fused-ring (bicyclic) bond motifs is 1. The molecule has 2 N–H and O–H groups in total. The molecule has 1 aromatic heterocycles. The van der Waals surface area contributed by atoms with E-state index in [1.54, 1.807) is 14.2 Å². The summed E-state index contributed by atoms with van der Waals surface area (Å²) in [6, 6.07) is 8.26. The molecule has 0 unspecified atom stereocenters. The number of aromatic nitrogens is 1. The number of ether oxygens (including phenoxy) is 2. The summed E-state index contributed by atoms with van der Waals surface area (Å²) in [6.07, 6.45) is 3.67. The van der Waals surface area contributed by atoms with Gasteiger partial charge >= 0.3 is 0 Å². The predicted octanol–water partition coefficient (Wildman–Crippen LogP) is 2.36. The first kappa shape index (κ1) is 14.1. The van der Waals surface area contributed by atoms with Gasteiger partial charge < -0.3 is 19.8 Å². The fraction of sp³-hybridized carbons (Fsp3) is 0.467. The Morgan fingerprint density at radius 3 is 2.53 bits per heavy atom. The zero-order valence-corrected chi connectivity index (χ0v) is 11.8. The van der Waals surface area contributed by atoms with E-state index < -0.39 is 5.79 Å². The van der Waals surface area contributed by atoms with E-state index in [0.717, 1.165) is 23.8 Å². The Kier molecular flexibility index (Phi) is 4.24. The monoisotopic (exact) mass is 262 g/mol. The van der Waals surface area contributed by atoms with Crippen molar-refractivity contribution < 1.29 is 9.47 Å². The molecule has 2 rings (SSSR count). The van der Waals surface area contributed by atoms with Crippen LogP contribution in [0.4, 0.5) is 0 Å². The summed E-state index contributed by atoms with van der Waals surface area (Å²) in [6.45, 7) is 0.624. The van der Waals surface area contributed by atoms with E-state index in [9.17, 15) is 0 Å². The number of nitrogens with zero attached hydrogens (tertiary/aromatic N) is 1. The first-order chi connectivity index (χ1) is 9.18. The van der Waals surface area contributed by atoms with Crippen LogP contribution in [0.2, 0.25) is 0 Å². The van der Waals surface area contributed by atoms with Gasteiger partial charge in [0.1, 0.15) is 0 Å². The average molecular weight is 262 g/mol. The number of methoxy groups -OCH3 is 2. The molecule has 1 aromatic carbocycles. The van der Waals surface area contributed by atoms with Crippen LogP contribution in [0.5, 0.6) is 0 Å².